The number of hydrogen-bond acceptors (Lipinski definition) is 3. The molecule has 1 aliphatic heterocycles. The Hall–Kier alpha value is -0.970. The van der Waals surface area contributed by atoms with Gasteiger partial charge in [0.25, 0.3) is 0 Å². The second-order valence-corrected chi connectivity index (χ2v) is 5.91. The first-order valence-electron chi connectivity index (χ1n) is 6.64. The summed E-state index contributed by atoms with van der Waals surface area (Å²) in [5.74, 6) is 0.360. The number of halogens is 1. The summed E-state index contributed by atoms with van der Waals surface area (Å²) in [4.78, 5) is 4.72. The summed E-state index contributed by atoms with van der Waals surface area (Å²) in [5.41, 5.74) is 8.32. The van der Waals surface area contributed by atoms with Crippen molar-refractivity contribution in [3.63, 3.8) is 0 Å². The molecule has 3 nitrogen and oxygen atoms in total. The van der Waals surface area contributed by atoms with Gasteiger partial charge in [0.1, 0.15) is 0 Å². The van der Waals surface area contributed by atoms with E-state index >= 15 is 0 Å². The molecule has 0 bridgehead atoms. The molecule has 0 aliphatic carbocycles. The van der Waals surface area contributed by atoms with Crippen LogP contribution >= 0.6 is 15.9 Å². The molecular weight excluding hydrogens is 304 g/mol. The zero-order chi connectivity index (χ0) is 13.2. The van der Waals surface area contributed by atoms with Gasteiger partial charge in [-0.05, 0) is 40.9 Å². The number of aromatic nitrogens is 1. The third-order valence-electron chi connectivity index (χ3n) is 3.72. The Kier molecular flexibility index (Phi) is 3.82. The Bertz CT molecular complexity index is 581. The molecule has 3 rings (SSSR count). The molecule has 4 heteroatoms. The van der Waals surface area contributed by atoms with E-state index in [0.29, 0.717) is 5.92 Å². The Morgan fingerprint density at radius 2 is 2.21 bits per heavy atom. The summed E-state index contributed by atoms with van der Waals surface area (Å²) >= 11 is 3.60. The third-order valence-corrected chi connectivity index (χ3v) is 4.36. The second-order valence-electron chi connectivity index (χ2n) is 5.05. The highest BCUT2D eigenvalue weighted by Crippen LogP contribution is 2.31. The predicted octanol–water partition coefficient (Wildman–Crippen LogP) is 3.42. The van der Waals surface area contributed by atoms with Crippen molar-refractivity contribution in [1.29, 1.82) is 0 Å². The van der Waals surface area contributed by atoms with Gasteiger partial charge in [-0.15, -0.1) is 0 Å². The molecule has 1 aliphatic rings. The van der Waals surface area contributed by atoms with Crippen molar-refractivity contribution in [2.75, 3.05) is 13.2 Å². The fourth-order valence-corrected chi connectivity index (χ4v) is 3.21. The van der Waals surface area contributed by atoms with E-state index in [2.05, 4.69) is 28.1 Å². The van der Waals surface area contributed by atoms with Crippen molar-refractivity contribution in [3.8, 4) is 0 Å². The standard InChI is InChI=1S/C15H17BrN2O/c16-12-8-10-4-1-2-6-13(10)18-15(12)14(17)11-5-3-7-19-9-11/h1-2,4,6,8,11,14H,3,5,7,9,17H2. The van der Waals surface area contributed by atoms with Gasteiger partial charge in [-0.3, -0.25) is 0 Å². The molecule has 2 N–H and O–H groups in total. The van der Waals surface area contributed by atoms with Crippen molar-refractivity contribution in [1.82, 2.24) is 4.98 Å². The largest absolute Gasteiger partial charge is 0.381 e. The van der Waals surface area contributed by atoms with Crippen LogP contribution in [0.25, 0.3) is 10.9 Å². The van der Waals surface area contributed by atoms with E-state index in [-0.39, 0.29) is 6.04 Å². The van der Waals surface area contributed by atoms with Crippen molar-refractivity contribution >= 4 is 26.8 Å². The maximum absolute atomic E-state index is 6.39. The van der Waals surface area contributed by atoms with Crippen LogP contribution in [0.2, 0.25) is 0 Å². The molecule has 1 saturated heterocycles. The van der Waals surface area contributed by atoms with E-state index in [0.717, 1.165) is 47.1 Å². The van der Waals surface area contributed by atoms with E-state index in [4.69, 9.17) is 15.5 Å². The van der Waals surface area contributed by atoms with E-state index in [1.807, 2.05) is 18.2 Å². The molecule has 1 aromatic heterocycles. The highest BCUT2D eigenvalue weighted by molar-refractivity contribution is 9.10. The van der Waals surface area contributed by atoms with E-state index in [1.165, 1.54) is 0 Å². The molecule has 0 saturated carbocycles. The number of fused-ring (bicyclic) bond motifs is 1. The molecule has 100 valence electrons. The molecule has 2 heterocycles. The average molecular weight is 321 g/mol. The van der Waals surface area contributed by atoms with Gasteiger partial charge in [-0.2, -0.15) is 0 Å². The molecule has 19 heavy (non-hydrogen) atoms. The van der Waals surface area contributed by atoms with Gasteiger partial charge in [0.15, 0.2) is 0 Å². The topological polar surface area (TPSA) is 48.1 Å². The van der Waals surface area contributed by atoms with Crippen molar-refractivity contribution in [3.05, 3.63) is 40.5 Å². The number of nitrogens with two attached hydrogens (primary N) is 1. The highest BCUT2D eigenvalue weighted by Gasteiger charge is 2.25. The van der Waals surface area contributed by atoms with Gasteiger partial charge in [0, 0.05) is 22.4 Å². The molecule has 0 spiro atoms. The fraction of sp³-hybridized carbons (Fsp3) is 0.400. The lowest BCUT2D eigenvalue weighted by atomic mass is 9.92. The lowest BCUT2D eigenvalue weighted by Gasteiger charge is -2.27. The minimum absolute atomic E-state index is 0.0701. The van der Waals surface area contributed by atoms with Crippen LogP contribution in [0, 0.1) is 5.92 Å². The van der Waals surface area contributed by atoms with Crippen molar-refractivity contribution < 1.29 is 4.74 Å². The van der Waals surface area contributed by atoms with E-state index < -0.39 is 0 Å². The van der Waals surface area contributed by atoms with Crippen LogP contribution in [0.15, 0.2) is 34.8 Å². The molecule has 2 aromatic rings. The Morgan fingerprint density at radius 3 is 3.00 bits per heavy atom. The van der Waals surface area contributed by atoms with Gasteiger partial charge >= 0.3 is 0 Å². The molecule has 1 fully saturated rings. The summed E-state index contributed by atoms with van der Waals surface area (Å²) in [6.07, 6.45) is 2.20. The number of pyridine rings is 1. The first-order chi connectivity index (χ1) is 9.25. The first kappa shape index (κ1) is 13.0. The van der Waals surface area contributed by atoms with Crippen molar-refractivity contribution in [2.45, 2.75) is 18.9 Å². The number of benzene rings is 1. The smallest absolute Gasteiger partial charge is 0.0724 e. The molecular formula is C15H17BrN2O. The minimum atomic E-state index is -0.0701. The molecule has 2 atom stereocenters. The monoisotopic (exact) mass is 320 g/mol. The minimum Gasteiger partial charge on any atom is -0.381 e. The molecule has 1 aromatic carbocycles. The lowest BCUT2D eigenvalue weighted by molar-refractivity contribution is 0.0442. The average Bonchev–Trinajstić information content (AvgIpc) is 2.47. The quantitative estimate of drug-likeness (QED) is 0.922. The molecule has 0 radical (unpaired) electrons. The van der Waals surface area contributed by atoms with Crippen LogP contribution in [0.4, 0.5) is 0 Å². The number of para-hydroxylation sites is 1. The van der Waals surface area contributed by atoms with Crippen LogP contribution in [0.5, 0.6) is 0 Å². The van der Waals surface area contributed by atoms with Crippen molar-refractivity contribution in [2.24, 2.45) is 11.7 Å². The number of hydrogen-bond donors (Lipinski definition) is 1. The second kappa shape index (κ2) is 5.57. The summed E-state index contributed by atoms with van der Waals surface area (Å²) in [5, 5.41) is 1.13. The predicted molar refractivity (Wildman–Crippen MR) is 79.9 cm³/mol. The normalized spacial score (nSPS) is 21.5. The van der Waals surface area contributed by atoms with Crippen LogP contribution in [-0.4, -0.2) is 18.2 Å². The van der Waals surface area contributed by atoms with Gasteiger partial charge in [-0.25, -0.2) is 4.98 Å². The Labute approximate surface area is 121 Å². The summed E-state index contributed by atoms with van der Waals surface area (Å²) in [7, 11) is 0. The fourth-order valence-electron chi connectivity index (χ4n) is 2.61. The maximum atomic E-state index is 6.39. The van der Waals surface area contributed by atoms with Gasteiger partial charge in [0.05, 0.1) is 23.9 Å². The zero-order valence-corrected chi connectivity index (χ0v) is 12.3. The van der Waals surface area contributed by atoms with Crippen LogP contribution in [0.3, 0.4) is 0 Å². The van der Waals surface area contributed by atoms with Gasteiger partial charge in [-0.1, -0.05) is 18.2 Å². The third kappa shape index (κ3) is 2.66. The highest BCUT2D eigenvalue weighted by atomic mass is 79.9. The molecule has 2 unspecified atom stereocenters. The zero-order valence-electron chi connectivity index (χ0n) is 10.7. The van der Waals surface area contributed by atoms with Crippen LogP contribution in [-0.2, 0) is 4.74 Å². The molecule has 0 amide bonds. The van der Waals surface area contributed by atoms with E-state index in [9.17, 15) is 0 Å². The van der Waals surface area contributed by atoms with Crippen LogP contribution in [0.1, 0.15) is 24.6 Å². The summed E-state index contributed by atoms with van der Waals surface area (Å²) in [6.45, 7) is 1.59. The van der Waals surface area contributed by atoms with Gasteiger partial charge in [0.2, 0.25) is 0 Å². The SMILES string of the molecule is NC(c1nc2ccccc2cc1Br)C1CCCOC1. The Balaban J connectivity index is 1.96. The maximum Gasteiger partial charge on any atom is 0.0724 e. The van der Waals surface area contributed by atoms with Crippen LogP contribution < -0.4 is 5.73 Å². The summed E-state index contributed by atoms with van der Waals surface area (Å²) in [6, 6.07) is 10.1. The first-order valence-corrected chi connectivity index (χ1v) is 7.43. The number of rotatable bonds is 2. The summed E-state index contributed by atoms with van der Waals surface area (Å²) < 4.78 is 6.52. The van der Waals surface area contributed by atoms with Gasteiger partial charge < -0.3 is 10.5 Å². The van der Waals surface area contributed by atoms with E-state index in [1.54, 1.807) is 0 Å². The number of ether oxygens (including phenoxy) is 1. The number of nitrogens with zero attached hydrogens (tertiary/aromatic N) is 1. The Morgan fingerprint density at radius 1 is 1.37 bits per heavy atom. The lowest BCUT2D eigenvalue weighted by Crippen LogP contribution is -2.30.